The standard InChI is InChI=1S/C12H17NO5S/c1-8(13-9-5-6-19(15,16)7-9)10-3-4-11(18-10)12(14)17-2/h3-4,8-9,13H,5-7H2,1-2H3. The maximum Gasteiger partial charge on any atom is 0.373 e. The molecule has 6 nitrogen and oxygen atoms in total. The van der Waals surface area contributed by atoms with E-state index in [1.807, 2.05) is 6.92 Å². The van der Waals surface area contributed by atoms with Crippen LogP contribution in [-0.4, -0.2) is 39.0 Å². The Kier molecular flexibility index (Phi) is 3.96. The van der Waals surface area contributed by atoms with Gasteiger partial charge in [-0.1, -0.05) is 0 Å². The van der Waals surface area contributed by atoms with E-state index in [9.17, 15) is 13.2 Å². The largest absolute Gasteiger partial charge is 0.463 e. The molecule has 2 unspecified atom stereocenters. The van der Waals surface area contributed by atoms with Crippen molar-refractivity contribution >= 4 is 15.8 Å². The molecule has 7 heteroatoms. The van der Waals surface area contributed by atoms with Crippen LogP contribution in [0.1, 0.15) is 35.7 Å². The van der Waals surface area contributed by atoms with E-state index in [0.29, 0.717) is 12.2 Å². The van der Waals surface area contributed by atoms with Crippen molar-refractivity contribution in [3.8, 4) is 0 Å². The molecule has 1 aromatic heterocycles. The molecule has 2 atom stereocenters. The summed E-state index contributed by atoms with van der Waals surface area (Å²) in [6.07, 6.45) is 0.608. The highest BCUT2D eigenvalue weighted by molar-refractivity contribution is 7.91. The Morgan fingerprint density at radius 1 is 1.53 bits per heavy atom. The molecule has 19 heavy (non-hydrogen) atoms. The first-order valence-electron chi connectivity index (χ1n) is 6.06. The van der Waals surface area contributed by atoms with Gasteiger partial charge in [-0.3, -0.25) is 0 Å². The highest BCUT2D eigenvalue weighted by Gasteiger charge is 2.29. The van der Waals surface area contributed by atoms with Crippen LogP contribution in [0.5, 0.6) is 0 Å². The number of sulfone groups is 1. The van der Waals surface area contributed by atoms with Crippen molar-refractivity contribution in [1.82, 2.24) is 5.32 Å². The fourth-order valence-electron chi connectivity index (χ4n) is 2.16. The van der Waals surface area contributed by atoms with Crippen molar-refractivity contribution in [3.05, 3.63) is 23.7 Å². The van der Waals surface area contributed by atoms with Crippen LogP contribution in [0.15, 0.2) is 16.5 Å². The van der Waals surface area contributed by atoms with Crippen molar-refractivity contribution in [2.45, 2.75) is 25.4 Å². The smallest absolute Gasteiger partial charge is 0.373 e. The normalized spacial score (nSPS) is 23.2. The predicted octanol–water partition coefficient (Wildman–Crippen LogP) is 0.904. The third-order valence-corrected chi connectivity index (χ3v) is 4.93. The van der Waals surface area contributed by atoms with Crippen LogP contribution in [0.25, 0.3) is 0 Å². The Hall–Kier alpha value is -1.34. The van der Waals surface area contributed by atoms with Gasteiger partial charge in [0.1, 0.15) is 5.76 Å². The average molecular weight is 287 g/mol. The summed E-state index contributed by atoms with van der Waals surface area (Å²) in [6, 6.07) is 3.02. The van der Waals surface area contributed by atoms with Crippen LogP contribution in [0.2, 0.25) is 0 Å². The van der Waals surface area contributed by atoms with E-state index in [1.165, 1.54) is 7.11 Å². The number of ether oxygens (including phenoxy) is 1. The molecule has 0 radical (unpaired) electrons. The molecule has 0 bridgehead atoms. The molecule has 0 aromatic carbocycles. The lowest BCUT2D eigenvalue weighted by atomic mass is 10.2. The number of methoxy groups -OCH3 is 1. The molecule has 2 heterocycles. The second-order valence-electron chi connectivity index (χ2n) is 4.68. The van der Waals surface area contributed by atoms with Crippen molar-refractivity contribution in [2.24, 2.45) is 0 Å². The number of rotatable bonds is 4. The number of hydrogen-bond donors (Lipinski definition) is 1. The second kappa shape index (κ2) is 5.34. The Morgan fingerprint density at radius 2 is 2.26 bits per heavy atom. The fourth-order valence-corrected chi connectivity index (χ4v) is 3.84. The first kappa shape index (κ1) is 14.1. The van der Waals surface area contributed by atoms with E-state index in [2.05, 4.69) is 10.1 Å². The number of furan rings is 1. The number of esters is 1. The Morgan fingerprint density at radius 3 is 2.84 bits per heavy atom. The highest BCUT2D eigenvalue weighted by Crippen LogP contribution is 2.20. The molecular weight excluding hydrogens is 270 g/mol. The summed E-state index contributed by atoms with van der Waals surface area (Å²) in [4.78, 5) is 11.3. The molecule has 2 rings (SSSR count). The van der Waals surface area contributed by atoms with E-state index in [4.69, 9.17) is 4.42 Å². The molecule has 0 spiro atoms. The molecule has 1 aliphatic rings. The Balaban J connectivity index is 1.98. The van der Waals surface area contributed by atoms with Gasteiger partial charge in [-0.15, -0.1) is 0 Å². The molecule has 1 N–H and O–H groups in total. The number of hydrogen-bond acceptors (Lipinski definition) is 6. The first-order valence-corrected chi connectivity index (χ1v) is 7.88. The molecule has 1 aromatic rings. The Bertz CT molecular complexity index is 562. The van der Waals surface area contributed by atoms with Crippen LogP contribution in [-0.2, 0) is 14.6 Å². The van der Waals surface area contributed by atoms with Gasteiger partial charge in [0.05, 0.1) is 24.7 Å². The number of nitrogens with one attached hydrogen (secondary N) is 1. The van der Waals surface area contributed by atoms with Crippen molar-refractivity contribution in [3.63, 3.8) is 0 Å². The molecule has 0 amide bonds. The minimum Gasteiger partial charge on any atom is -0.463 e. The van der Waals surface area contributed by atoms with Crippen LogP contribution >= 0.6 is 0 Å². The first-order chi connectivity index (χ1) is 8.91. The van der Waals surface area contributed by atoms with Gasteiger partial charge in [-0.05, 0) is 25.5 Å². The highest BCUT2D eigenvalue weighted by atomic mass is 32.2. The van der Waals surface area contributed by atoms with Crippen LogP contribution < -0.4 is 5.32 Å². The zero-order valence-corrected chi connectivity index (χ0v) is 11.7. The molecule has 106 valence electrons. The summed E-state index contributed by atoms with van der Waals surface area (Å²) in [6.45, 7) is 1.87. The lowest BCUT2D eigenvalue weighted by Crippen LogP contribution is -2.32. The monoisotopic (exact) mass is 287 g/mol. The SMILES string of the molecule is COC(=O)c1ccc(C(C)NC2CCS(=O)(=O)C2)o1. The van der Waals surface area contributed by atoms with Gasteiger partial charge in [-0.2, -0.15) is 0 Å². The van der Waals surface area contributed by atoms with Gasteiger partial charge >= 0.3 is 5.97 Å². The van der Waals surface area contributed by atoms with Gasteiger partial charge in [0, 0.05) is 6.04 Å². The maximum atomic E-state index is 11.4. The van der Waals surface area contributed by atoms with Crippen LogP contribution in [0.4, 0.5) is 0 Å². The van der Waals surface area contributed by atoms with Gasteiger partial charge in [0.15, 0.2) is 9.84 Å². The average Bonchev–Trinajstić information content (AvgIpc) is 2.95. The summed E-state index contributed by atoms with van der Waals surface area (Å²) in [5.74, 6) is 0.585. The maximum absolute atomic E-state index is 11.4. The number of carbonyl (C=O) groups excluding carboxylic acids is 1. The third-order valence-electron chi connectivity index (χ3n) is 3.16. The molecule has 1 saturated heterocycles. The van der Waals surface area contributed by atoms with Crippen molar-refractivity contribution < 1.29 is 22.4 Å². The van der Waals surface area contributed by atoms with Crippen LogP contribution in [0, 0.1) is 0 Å². The molecule has 0 saturated carbocycles. The second-order valence-corrected chi connectivity index (χ2v) is 6.91. The van der Waals surface area contributed by atoms with Gasteiger partial charge in [0.2, 0.25) is 5.76 Å². The van der Waals surface area contributed by atoms with Gasteiger partial charge < -0.3 is 14.5 Å². The fraction of sp³-hybridized carbons (Fsp3) is 0.583. The minimum atomic E-state index is -2.90. The van der Waals surface area contributed by atoms with E-state index < -0.39 is 15.8 Å². The Labute approximate surface area is 112 Å². The van der Waals surface area contributed by atoms with Crippen molar-refractivity contribution in [2.75, 3.05) is 18.6 Å². The quantitative estimate of drug-likeness (QED) is 0.828. The third kappa shape index (κ3) is 3.36. The van der Waals surface area contributed by atoms with Gasteiger partial charge in [0.25, 0.3) is 0 Å². The van der Waals surface area contributed by atoms with Gasteiger partial charge in [-0.25, -0.2) is 13.2 Å². The van der Waals surface area contributed by atoms with E-state index >= 15 is 0 Å². The topological polar surface area (TPSA) is 85.6 Å². The summed E-state index contributed by atoms with van der Waals surface area (Å²) in [5.41, 5.74) is 0. The van der Waals surface area contributed by atoms with E-state index in [0.717, 1.165) is 0 Å². The summed E-state index contributed by atoms with van der Waals surface area (Å²) < 4.78 is 32.7. The molecular formula is C12H17NO5S. The predicted molar refractivity (Wildman–Crippen MR) is 68.7 cm³/mol. The van der Waals surface area contributed by atoms with E-state index in [-0.39, 0.29) is 29.3 Å². The summed E-state index contributed by atoms with van der Waals surface area (Å²) in [5, 5.41) is 3.20. The lowest BCUT2D eigenvalue weighted by Gasteiger charge is -2.16. The zero-order chi connectivity index (χ0) is 14.0. The van der Waals surface area contributed by atoms with Crippen molar-refractivity contribution in [1.29, 1.82) is 0 Å². The lowest BCUT2D eigenvalue weighted by molar-refractivity contribution is 0.0562. The van der Waals surface area contributed by atoms with E-state index in [1.54, 1.807) is 12.1 Å². The van der Waals surface area contributed by atoms with Crippen LogP contribution in [0.3, 0.4) is 0 Å². The summed E-state index contributed by atoms with van der Waals surface area (Å²) >= 11 is 0. The molecule has 1 aliphatic heterocycles. The zero-order valence-electron chi connectivity index (χ0n) is 10.9. The number of carbonyl (C=O) groups is 1. The molecule has 1 fully saturated rings. The summed E-state index contributed by atoms with van der Waals surface area (Å²) in [7, 11) is -1.62. The minimum absolute atomic E-state index is 0.0633. The molecule has 0 aliphatic carbocycles.